The Morgan fingerprint density at radius 2 is 1.96 bits per heavy atom. The Bertz CT molecular complexity index is 1970. The van der Waals surface area contributed by atoms with Crippen LogP contribution in [0, 0.1) is 10.1 Å². The van der Waals surface area contributed by atoms with E-state index < -0.39 is 4.92 Å². The first kappa shape index (κ1) is 36.2. The molecule has 0 radical (unpaired) electrons. The van der Waals surface area contributed by atoms with E-state index in [1.165, 1.54) is 12.4 Å². The first-order chi connectivity index (χ1) is 22.6. The number of ether oxygens (including phenoxy) is 1. The van der Waals surface area contributed by atoms with Gasteiger partial charge < -0.3 is 51.9 Å². The number of halogens is 3. The number of likely N-dealkylation sites (N-methyl/N-ethyl adjacent to an activating group) is 1. The summed E-state index contributed by atoms with van der Waals surface area (Å²) in [6.07, 6.45) is 6.66. The van der Waals surface area contributed by atoms with Crippen LogP contribution >= 0.6 is 23.2 Å². The number of benzene rings is 2. The van der Waals surface area contributed by atoms with Crippen LogP contribution in [0.2, 0.25) is 10.0 Å². The highest BCUT2D eigenvalue weighted by molar-refractivity contribution is 6.32. The van der Waals surface area contributed by atoms with E-state index in [1.807, 2.05) is 38.2 Å². The number of nitrogens with one attached hydrogen (secondary N) is 3. The topological polar surface area (TPSA) is 154 Å². The highest BCUT2D eigenvalue weighted by atomic mass is 79.9. The van der Waals surface area contributed by atoms with Crippen molar-refractivity contribution in [2.75, 3.05) is 24.2 Å². The monoisotopic (exact) mass is 755 g/mol. The van der Waals surface area contributed by atoms with Crippen molar-refractivity contribution in [2.24, 2.45) is 7.05 Å². The fraction of sp³-hybridized carbons (Fsp3) is 0.219. The fourth-order valence-electron chi connectivity index (χ4n) is 4.87. The van der Waals surface area contributed by atoms with E-state index in [-0.39, 0.29) is 28.7 Å². The molecule has 0 saturated heterocycles. The van der Waals surface area contributed by atoms with Gasteiger partial charge in [-0.2, -0.15) is 0 Å². The molecule has 2 aromatic carbocycles. The Kier molecular flexibility index (Phi) is 12.4. The number of hydrogen-bond acceptors (Lipinski definition) is 9. The van der Waals surface area contributed by atoms with Gasteiger partial charge in [-0.05, 0) is 57.9 Å². The number of aromatic nitrogens is 5. The van der Waals surface area contributed by atoms with Crippen LogP contribution in [0.4, 0.5) is 23.1 Å². The van der Waals surface area contributed by atoms with Crippen molar-refractivity contribution in [3.05, 3.63) is 110 Å². The zero-order chi connectivity index (χ0) is 33.5. The number of anilines is 3. The molecule has 5 aromatic rings. The van der Waals surface area contributed by atoms with E-state index in [9.17, 15) is 14.9 Å². The zero-order valence-electron chi connectivity index (χ0n) is 26.2. The molecule has 3 N–H and O–H groups in total. The van der Waals surface area contributed by atoms with E-state index in [0.29, 0.717) is 81.7 Å². The number of nitrogens with zero attached hydrogens (tertiary/aromatic N) is 6. The summed E-state index contributed by atoms with van der Waals surface area (Å²) < 4.78 is 7.63. The largest absolute Gasteiger partial charge is 1.00 e. The minimum atomic E-state index is -0.460. The molecule has 1 amide bonds. The van der Waals surface area contributed by atoms with Crippen LogP contribution < -0.4 is 37.3 Å². The lowest BCUT2D eigenvalue weighted by Gasteiger charge is -2.12. The van der Waals surface area contributed by atoms with Gasteiger partial charge in [-0.25, -0.2) is 15.0 Å². The van der Waals surface area contributed by atoms with Crippen LogP contribution in [-0.2, 0) is 31.4 Å². The lowest BCUT2D eigenvalue weighted by molar-refractivity contribution is -0.888. The summed E-state index contributed by atoms with van der Waals surface area (Å²) in [5, 5.41) is 19.2. The molecule has 0 aliphatic rings. The summed E-state index contributed by atoms with van der Waals surface area (Å²) in [5.41, 5.74) is 2.70. The number of pyridine rings is 1. The van der Waals surface area contributed by atoms with Crippen LogP contribution in [-0.4, -0.2) is 48.9 Å². The number of fused-ring (bicyclic) bond motifs is 1. The summed E-state index contributed by atoms with van der Waals surface area (Å²) >= 11 is 12.6. The third kappa shape index (κ3) is 9.04. The van der Waals surface area contributed by atoms with Gasteiger partial charge >= 0.3 is 5.82 Å². The molecule has 0 aliphatic heterocycles. The molecule has 3 heterocycles. The van der Waals surface area contributed by atoms with E-state index in [1.54, 1.807) is 48.2 Å². The molecule has 1 atom stereocenters. The molecular formula is C32H32BrCl2N9O4. The van der Waals surface area contributed by atoms with Gasteiger partial charge in [0.05, 0.1) is 30.3 Å². The number of amides is 1. The van der Waals surface area contributed by atoms with Crippen molar-refractivity contribution in [3.63, 3.8) is 0 Å². The molecule has 1 unspecified atom stereocenters. The molecule has 48 heavy (non-hydrogen) atoms. The SMILES string of the molecule is CCc1nc([N+](=O)[O-])c(C[NH+](C)C/C=C/C(=O)Nc2cc3c(Nc4ccc(OCc5cccc(Cl)c5)c(Cl)c4)ncnc3cn2)n1C.[Br-]. The summed E-state index contributed by atoms with van der Waals surface area (Å²) in [6.45, 7) is 3.04. The molecule has 0 spiro atoms. The second kappa shape index (κ2) is 16.5. The number of aryl methyl sites for hydroxylation is 1. The van der Waals surface area contributed by atoms with Crippen LogP contribution in [0.25, 0.3) is 10.9 Å². The van der Waals surface area contributed by atoms with Gasteiger partial charge in [-0.15, -0.1) is 0 Å². The molecule has 0 fully saturated rings. The van der Waals surface area contributed by atoms with E-state index in [2.05, 4.69) is 30.6 Å². The molecule has 0 saturated carbocycles. The van der Waals surface area contributed by atoms with Crippen molar-refractivity contribution in [1.82, 2.24) is 24.5 Å². The molecule has 250 valence electrons. The Balaban J connectivity index is 0.00000520. The lowest BCUT2D eigenvalue weighted by atomic mass is 10.2. The number of carbonyl (C=O) groups is 1. The van der Waals surface area contributed by atoms with E-state index in [0.717, 1.165) is 10.5 Å². The maximum absolute atomic E-state index is 12.7. The van der Waals surface area contributed by atoms with Crippen molar-refractivity contribution in [3.8, 4) is 5.75 Å². The zero-order valence-corrected chi connectivity index (χ0v) is 29.3. The molecule has 13 nitrogen and oxygen atoms in total. The van der Waals surface area contributed by atoms with E-state index >= 15 is 0 Å². The number of carbonyl (C=O) groups excluding carboxylic acids is 1. The van der Waals surface area contributed by atoms with Crippen molar-refractivity contribution in [2.45, 2.75) is 26.5 Å². The lowest BCUT2D eigenvalue weighted by Crippen LogP contribution is -3.07. The van der Waals surface area contributed by atoms with Gasteiger partial charge in [0, 0.05) is 35.6 Å². The highest BCUT2D eigenvalue weighted by Gasteiger charge is 2.27. The average molecular weight is 757 g/mol. The summed E-state index contributed by atoms with van der Waals surface area (Å²) in [7, 11) is 3.66. The molecular weight excluding hydrogens is 725 g/mol. The summed E-state index contributed by atoms with van der Waals surface area (Å²) in [4.78, 5) is 41.8. The van der Waals surface area contributed by atoms with Crippen LogP contribution in [0.3, 0.4) is 0 Å². The predicted octanol–water partition coefficient (Wildman–Crippen LogP) is 2.07. The minimum absolute atomic E-state index is 0. The van der Waals surface area contributed by atoms with Gasteiger partial charge in [0.25, 0.3) is 0 Å². The molecule has 5 rings (SSSR count). The smallest absolute Gasteiger partial charge is 0.391 e. The van der Waals surface area contributed by atoms with Gasteiger partial charge in [0.15, 0.2) is 5.69 Å². The number of hydrogen-bond donors (Lipinski definition) is 3. The maximum Gasteiger partial charge on any atom is 0.391 e. The molecule has 3 aromatic heterocycles. The Labute approximate surface area is 296 Å². The summed E-state index contributed by atoms with van der Waals surface area (Å²) in [5.74, 6) is 1.46. The normalized spacial score (nSPS) is 11.7. The fourth-order valence-corrected chi connectivity index (χ4v) is 5.32. The van der Waals surface area contributed by atoms with Crippen LogP contribution in [0.15, 0.2) is 73.2 Å². The molecule has 16 heteroatoms. The average Bonchev–Trinajstić information content (AvgIpc) is 3.35. The molecule has 0 bridgehead atoms. The number of nitro groups is 1. The number of quaternary nitrogens is 1. The minimum Gasteiger partial charge on any atom is -1.00 e. The Morgan fingerprint density at radius 1 is 1.15 bits per heavy atom. The predicted molar refractivity (Wildman–Crippen MR) is 180 cm³/mol. The van der Waals surface area contributed by atoms with Gasteiger partial charge in [0.2, 0.25) is 11.7 Å². The Hall–Kier alpha value is -4.63. The van der Waals surface area contributed by atoms with Gasteiger partial charge in [0.1, 0.15) is 36.9 Å². The molecule has 0 aliphatic carbocycles. The first-order valence-corrected chi connectivity index (χ1v) is 15.4. The van der Waals surface area contributed by atoms with E-state index in [4.69, 9.17) is 27.9 Å². The standard InChI is InChI=1S/C32H31Cl2N9O4.BrH/c1-4-29-40-32(43(45)46)26(42(29)3)17-41(2)12-6-9-30(44)39-28-15-23-25(16-35-28)36-19-37-31(23)38-22-10-11-27(24(34)14-22)47-18-20-7-5-8-21(33)13-20;/h5-11,13-16,19H,4,12,17-18H2,1-3H3,(H,35,39,44)(H,36,37,38);1H/b9-6+;. The third-order valence-electron chi connectivity index (χ3n) is 7.23. The first-order valence-electron chi connectivity index (χ1n) is 14.6. The van der Waals surface area contributed by atoms with Gasteiger partial charge in [-0.1, -0.05) is 42.3 Å². The van der Waals surface area contributed by atoms with Gasteiger partial charge in [-0.3, -0.25) is 4.79 Å². The highest BCUT2D eigenvalue weighted by Crippen LogP contribution is 2.31. The quantitative estimate of drug-likeness (QED) is 0.0931. The Morgan fingerprint density at radius 3 is 2.69 bits per heavy atom. The maximum atomic E-state index is 12.7. The second-order valence-corrected chi connectivity index (χ2v) is 11.5. The third-order valence-corrected chi connectivity index (χ3v) is 7.76. The number of rotatable bonds is 13. The van der Waals surface area contributed by atoms with Crippen molar-refractivity contribution in [1.29, 1.82) is 0 Å². The van der Waals surface area contributed by atoms with Crippen molar-refractivity contribution < 1.29 is 36.3 Å². The number of imidazole rings is 1. The second-order valence-electron chi connectivity index (χ2n) is 10.7. The van der Waals surface area contributed by atoms with Crippen molar-refractivity contribution >= 4 is 63.2 Å². The summed E-state index contributed by atoms with van der Waals surface area (Å²) in [6, 6.07) is 14.4. The van der Waals surface area contributed by atoms with Crippen LogP contribution in [0.1, 0.15) is 24.0 Å². The van der Waals surface area contributed by atoms with Crippen LogP contribution in [0.5, 0.6) is 5.75 Å².